The van der Waals surface area contributed by atoms with Gasteiger partial charge >= 0.3 is 0 Å². The van der Waals surface area contributed by atoms with Crippen LogP contribution in [0, 0.1) is 0 Å². The van der Waals surface area contributed by atoms with Gasteiger partial charge in [-0.15, -0.1) is 0 Å². The monoisotopic (exact) mass is 372 g/mol. The number of nitrogens with zero attached hydrogens (tertiary/aromatic N) is 1. The number of para-hydroxylation sites is 1. The zero-order valence-corrected chi connectivity index (χ0v) is 15.0. The smallest absolute Gasteiger partial charge is 0.248 e. The standard InChI is InChI=1S/C19H20N2O4S/c22-19(20-17-4-2-1-3-5-17)11-8-16-6-9-18(10-7-16)26(23,24)21-12-14-25-15-13-21/h1-11H,12-15H2,(H,20,22)/b11-8+. The van der Waals surface area contributed by atoms with Crippen LogP contribution in [0.15, 0.2) is 65.6 Å². The molecule has 0 atom stereocenters. The fourth-order valence-electron chi connectivity index (χ4n) is 2.56. The molecule has 0 aromatic heterocycles. The number of carbonyl (C=O) groups is 1. The van der Waals surface area contributed by atoms with Crippen LogP contribution in [-0.2, 0) is 19.6 Å². The summed E-state index contributed by atoms with van der Waals surface area (Å²) in [5, 5.41) is 2.75. The number of rotatable bonds is 5. The Morgan fingerprint density at radius 2 is 1.65 bits per heavy atom. The van der Waals surface area contributed by atoms with E-state index in [0.717, 1.165) is 5.56 Å². The van der Waals surface area contributed by atoms with E-state index in [9.17, 15) is 13.2 Å². The number of benzene rings is 2. The van der Waals surface area contributed by atoms with Crippen molar-refractivity contribution in [2.75, 3.05) is 31.6 Å². The second-order valence-corrected chi connectivity index (χ2v) is 7.71. The predicted molar refractivity (Wildman–Crippen MR) is 100 cm³/mol. The summed E-state index contributed by atoms with van der Waals surface area (Å²) in [4.78, 5) is 12.1. The van der Waals surface area contributed by atoms with Crippen LogP contribution in [0.5, 0.6) is 0 Å². The number of morpholine rings is 1. The van der Waals surface area contributed by atoms with E-state index >= 15 is 0 Å². The van der Waals surface area contributed by atoms with E-state index in [-0.39, 0.29) is 10.8 Å². The molecule has 0 unspecified atom stereocenters. The second kappa shape index (κ2) is 8.27. The van der Waals surface area contributed by atoms with Crippen LogP contribution < -0.4 is 5.32 Å². The number of ether oxygens (including phenoxy) is 1. The highest BCUT2D eigenvalue weighted by atomic mass is 32.2. The van der Waals surface area contributed by atoms with Gasteiger partial charge < -0.3 is 10.1 Å². The molecule has 0 bridgehead atoms. The summed E-state index contributed by atoms with van der Waals surface area (Å²) in [6.07, 6.45) is 3.06. The highest BCUT2D eigenvalue weighted by Crippen LogP contribution is 2.18. The van der Waals surface area contributed by atoms with Crippen molar-refractivity contribution < 1.29 is 17.9 Å². The fraction of sp³-hybridized carbons (Fsp3) is 0.211. The maximum Gasteiger partial charge on any atom is 0.248 e. The number of hydrogen-bond donors (Lipinski definition) is 1. The molecule has 7 heteroatoms. The van der Waals surface area contributed by atoms with Crippen LogP contribution in [0.25, 0.3) is 6.08 Å². The first-order valence-corrected chi connectivity index (χ1v) is 9.72. The van der Waals surface area contributed by atoms with Crippen LogP contribution in [0.4, 0.5) is 5.69 Å². The lowest BCUT2D eigenvalue weighted by atomic mass is 10.2. The van der Waals surface area contributed by atoms with Crippen molar-refractivity contribution in [3.8, 4) is 0 Å². The number of amides is 1. The first kappa shape index (κ1) is 18.3. The van der Waals surface area contributed by atoms with Crippen molar-refractivity contribution in [3.63, 3.8) is 0 Å². The minimum absolute atomic E-state index is 0.241. The first-order valence-electron chi connectivity index (χ1n) is 8.28. The zero-order valence-electron chi connectivity index (χ0n) is 14.2. The van der Waals surface area contributed by atoms with Gasteiger partial charge in [-0.05, 0) is 35.9 Å². The molecule has 1 aliphatic heterocycles. The van der Waals surface area contributed by atoms with Gasteiger partial charge in [-0.1, -0.05) is 30.3 Å². The number of anilines is 1. The van der Waals surface area contributed by atoms with Gasteiger partial charge in [0.25, 0.3) is 0 Å². The second-order valence-electron chi connectivity index (χ2n) is 5.77. The molecular formula is C19H20N2O4S. The zero-order chi connectivity index (χ0) is 18.4. The third kappa shape index (κ3) is 4.57. The van der Waals surface area contributed by atoms with E-state index in [1.165, 1.54) is 10.4 Å². The Hall–Kier alpha value is -2.48. The molecule has 0 radical (unpaired) electrons. The van der Waals surface area contributed by atoms with E-state index in [0.29, 0.717) is 32.0 Å². The quantitative estimate of drug-likeness (QED) is 0.818. The highest BCUT2D eigenvalue weighted by molar-refractivity contribution is 7.89. The Kier molecular flexibility index (Phi) is 5.82. The van der Waals surface area contributed by atoms with Gasteiger partial charge in [0.1, 0.15) is 0 Å². The van der Waals surface area contributed by atoms with Gasteiger partial charge in [0.2, 0.25) is 15.9 Å². The SMILES string of the molecule is O=C(/C=C/c1ccc(S(=O)(=O)N2CCOCC2)cc1)Nc1ccccc1. The lowest BCUT2D eigenvalue weighted by molar-refractivity contribution is -0.111. The number of nitrogens with one attached hydrogen (secondary N) is 1. The summed E-state index contributed by atoms with van der Waals surface area (Å²) < 4.78 is 31.7. The average molecular weight is 372 g/mol. The van der Waals surface area contributed by atoms with Crippen LogP contribution in [0.3, 0.4) is 0 Å². The van der Waals surface area contributed by atoms with Crippen LogP contribution >= 0.6 is 0 Å². The molecule has 0 spiro atoms. The number of hydrogen-bond acceptors (Lipinski definition) is 4. The Morgan fingerprint density at radius 3 is 2.31 bits per heavy atom. The molecule has 3 rings (SSSR count). The van der Waals surface area contributed by atoms with Crippen molar-refractivity contribution in [2.45, 2.75) is 4.90 Å². The average Bonchev–Trinajstić information content (AvgIpc) is 2.68. The van der Waals surface area contributed by atoms with E-state index < -0.39 is 10.0 Å². The first-order chi connectivity index (χ1) is 12.6. The Morgan fingerprint density at radius 1 is 1.00 bits per heavy atom. The summed E-state index contributed by atoms with van der Waals surface area (Å²) in [5.74, 6) is -0.249. The van der Waals surface area contributed by atoms with Crippen LogP contribution in [0.1, 0.15) is 5.56 Å². The minimum Gasteiger partial charge on any atom is -0.379 e. The number of sulfonamides is 1. The molecule has 2 aromatic carbocycles. The molecule has 1 heterocycles. The van der Waals surface area contributed by atoms with Gasteiger partial charge in [0.15, 0.2) is 0 Å². The third-order valence-electron chi connectivity index (χ3n) is 3.96. The molecule has 136 valence electrons. The van der Waals surface area contributed by atoms with Crippen molar-refractivity contribution in [1.82, 2.24) is 4.31 Å². The lowest BCUT2D eigenvalue weighted by Gasteiger charge is -2.26. The number of carbonyl (C=O) groups excluding carboxylic acids is 1. The van der Waals surface area contributed by atoms with Gasteiger partial charge in [-0.25, -0.2) is 8.42 Å². The van der Waals surface area contributed by atoms with Crippen molar-refractivity contribution in [2.24, 2.45) is 0 Å². The molecule has 1 saturated heterocycles. The topological polar surface area (TPSA) is 75.7 Å². The van der Waals surface area contributed by atoms with E-state index in [4.69, 9.17) is 4.74 Å². The van der Waals surface area contributed by atoms with Crippen LogP contribution in [-0.4, -0.2) is 44.9 Å². The molecule has 0 aliphatic carbocycles. The minimum atomic E-state index is -3.50. The molecule has 0 saturated carbocycles. The molecule has 1 N–H and O–H groups in total. The largest absolute Gasteiger partial charge is 0.379 e. The molecule has 1 amide bonds. The van der Waals surface area contributed by atoms with Gasteiger partial charge in [-0.2, -0.15) is 4.31 Å². The lowest BCUT2D eigenvalue weighted by Crippen LogP contribution is -2.40. The summed E-state index contributed by atoms with van der Waals surface area (Å²) >= 11 is 0. The van der Waals surface area contributed by atoms with Crippen molar-refractivity contribution in [1.29, 1.82) is 0 Å². The van der Waals surface area contributed by atoms with Crippen molar-refractivity contribution >= 4 is 27.7 Å². The van der Waals surface area contributed by atoms with E-state index in [2.05, 4.69) is 5.32 Å². The molecular weight excluding hydrogens is 352 g/mol. The van der Waals surface area contributed by atoms with Crippen LogP contribution in [0.2, 0.25) is 0 Å². The molecule has 2 aromatic rings. The predicted octanol–water partition coefficient (Wildman–Crippen LogP) is 2.36. The fourth-order valence-corrected chi connectivity index (χ4v) is 3.97. The molecule has 6 nitrogen and oxygen atoms in total. The summed E-state index contributed by atoms with van der Waals surface area (Å²) in [7, 11) is -3.50. The van der Waals surface area contributed by atoms with Crippen molar-refractivity contribution in [3.05, 3.63) is 66.2 Å². The van der Waals surface area contributed by atoms with E-state index in [1.54, 1.807) is 42.5 Å². The molecule has 26 heavy (non-hydrogen) atoms. The summed E-state index contributed by atoms with van der Waals surface area (Å²) in [5.41, 5.74) is 1.46. The maximum atomic E-state index is 12.6. The maximum absolute atomic E-state index is 12.6. The van der Waals surface area contributed by atoms with Gasteiger partial charge in [-0.3, -0.25) is 4.79 Å². The van der Waals surface area contributed by atoms with Gasteiger partial charge in [0.05, 0.1) is 18.1 Å². The Balaban J connectivity index is 1.64. The summed E-state index contributed by atoms with van der Waals surface area (Å²) in [6, 6.07) is 15.6. The molecule has 1 fully saturated rings. The molecule has 1 aliphatic rings. The van der Waals surface area contributed by atoms with E-state index in [1.807, 2.05) is 18.2 Å². The Bertz CT molecular complexity index is 872. The Labute approximate surface area is 153 Å². The normalized spacial score (nSPS) is 15.8. The third-order valence-corrected chi connectivity index (χ3v) is 5.87. The van der Waals surface area contributed by atoms with Gasteiger partial charge in [0, 0.05) is 24.9 Å². The highest BCUT2D eigenvalue weighted by Gasteiger charge is 2.25. The summed E-state index contributed by atoms with van der Waals surface area (Å²) in [6.45, 7) is 1.56.